The summed E-state index contributed by atoms with van der Waals surface area (Å²) in [7, 11) is 1.74. The predicted molar refractivity (Wildman–Crippen MR) is 54.9 cm³/mol. The molecular weight excluding hydrogens is 164 g/mol. The molecule has 0 atom stereocenters. The molecule has 0 N–H and O–H groups in total. The highest BCUT2D eigenvalue weighted by atomic mass is 16.5. The molecule has 2 heteroatoms. The monoisotopic (exact) mass is 186 g/mol. The van der Waals surface area contributed by atoms with Crippen LogP contribution in [0.15, 0.2) is 0 Å². The van der Waals surface area contributed by atoms with Crippen molar-refractivity contribution in [3.63, 3.8) is 0 Å². The highest BCUT2D eigenvalue weighted by Crippen LogP contribution is 2.07. The Kier molecular flexibility index (Phi) is 9.44. The van der Waals surface area contributed by atoms with E-state index in [0.717, 1.165) is 19.4 Å². The second kappa shape index (κ2) is 9.72. The minimum absolute atomic E-state index is 0.319. The Hall–Kier alpha value is -0.370. The average Bonchev–Trinajstić information content (AvgIpc) is 2.09. The molecule has 0 bridgehead atoms. The van der Waals surface area contributed by atoms with Gasteiger partial charge in [0.15, 0.2) is 0 Å². The number of ketones is 1. The maximum Gasteiger partial charge on any atom is 0.129 e. The molecule has 0 aliphatic heterocycles. The quantitative estimate of drug-likeness (QED) is 0.517. The van der Waals surface area contributed by atoms with Gasteiger partial charge >= 0.3 is 0 Å². The number of hydrogen-bond donors (Lipinski definition) is 0. The van der Waals surface area contributed by atoms with Crippen LogP contribution < -0.4 is 0 Å². The number of Topliss-reactive ketones (excluding diaryl/α,β-unsaturated/α-hetero) is 1. The number of hydrogen-bond acceptors (Lipinski definition) is 2. The van der Waals surface area contributed by atoms with Crippen molar-refractivity contribution >= 4 is 5.78 Å². The lowest BCUT2D eigenvalue weighted by Gasteiger charge is -2.00. The smallest absolute Gasteiger partial charge is 0.129 e. The second-order valence-electron chi connectivity index (χ2n) is 3.57. The Morgan fingerprint density at radius 1 is 1.00 bits per heavy atom. The van der Waals surface area contributed by atoms with Crippen LogP contribution in [0.1, 0.15) is 51.9 Å². The van der Waals surface area contributed by atoms with E-state index in [0.29, 0.717) is 5.78 Å². The lowest BCUT2D eigenvalue weighted by atomic mass is 10.1. The minimum Gasteiger partial charge on any atom is -0.385 e. The number of unbranched alkanes of at least 4 members (excludes halogenated alkanes) is 5. The van der Waals surface area contributed by atoms with Gasteiger partial charge in [-0.3, -0.25) is 0 Å². The largest absolute Gasteiger partial charge is 0.385 e. The summed E-state index contributed by atoms with van der Waals surface area (Å²) < 4.78 is 4.96. The number of ether oxygens (including phenoxy) is 1. The van der Waals surface area contributed by atoms with Crippen molar-refractivity contribution in [1.82, 2.24) is 0 Å². The van der Waals surface area contributed by atoms with Gasteiger partial charge in [-0.2, -0.15) is 0 Å². The summed E-state index contributed by atoms with van der Waals surface area (Å²) in [6.07, 6.45) is 8.00. The van der Waals surface area contributed by atoms with Crippen LogP contribution in [0.5, 0.6) is 0 Å². The zero-order valence-electron chi connectivity index (χ0n) is 8.97. The molecular formula is C11H22O2. The second-order valence-corrected chi connectivity index (χ2v) is 3.57. The molecule has 0 aliphatic carbocycles. The van der Waals surface area contributed by atoms with E-state index in [9.17, 15) is 4.79 Å². The lowest BCUT2D eigenvalue weighted by Crippen LogP contribution is -1.90. The molecule has 0 unspecified atom stereocenters. The maximum atomic E-state index is 10.6. The topological polar surface area (TPSA) is 26.3 Å². The molecule has 78 valence electrons. The molecule has 0 amide bonds. The first-order chi connectivity index (χ1) is 6.27. The van der Waals surface area contributed by atoms with E-state index in [4.69, 9.17) is 4.74 Å². The molecule has 0 aromatic rings. The molecule has 0 aliphatic rings. The van der Waals surface area contributed by atoms with Crippen LogP contribution in [0.3, 0.4) is 0 Å². The summed E-state index contributed by atoms with van der Waals surface area (Å²) in [5, 5.41) is 0. The maximum absolute atomic E-state index is 10.6. The van der Waals surface area contributed by atoms with Crippen molar-refractivity contribution in [1.29, 1.82) is 0 Å². The molecule has 0 heterocycles. The van der Waals surface area contributed by atoms with E-state index in [1.807, 2.05) is 0 Å². The van der Waals surface area contributed by atoms with Crippen molar-refractivity contribution in [2.45, 2.75) is 51.9 Å². The molecule has 0 aromatic heterocycles. The van der Waals surface area contributed by atoms with Crippen LogP contribution in [0.25, 0.3) is 0 Å². The van der Waals surface area contributed by atoms with Crippen LogP contribution in [0, 0.1) is 0 Å². The zero-order valence-corrected chi connectivity index (χ0v) is 8.97. The summed E-state index contributed by atoms with van der Waals surface area (Å²) in [4.78, 5) is 10.6. The van der Waals surface area contributed by atoms with Crippen LogP contribution in [-0.2, 0) is 9.53 Å². The lowest BCUT2D eigenvalue weighted by molar-refractivity contribution is -0.117. The van der Waals surface area contributed by atoms with Crippen LogP contribution >= 0.6 is 0 Å². The van der Waals surface area contributed by atoms with E-state index in [1.54, 1.807) is 14.0 Å². The van der Waals surface area contributed by atoms with Crippen molar-refractivity contribution < 1.29 is 9.53 Å². The van der Waals surface area contributed by atoms with Gasteiger partial charge in [0.1, 0.15) is 5.78 Å². The number of carbonyl (C=O) groups is 1. The predicted octanol–water partition coefficient (Wildman–Crippen LogP) is 2.95. The van der Waals surface area contributed by atoms with E-state index in [1.165, 1.54) is 32.1 Å². The van der Waals surface area contributed by atoms with Gasteiger partial charge in [0, 0.05) is 20.1 Å². The molecule has 0 fully saturated rings. The first-order valence-corrected chi connectivity index (χ1v) is 5.25. The third-order valence-electron chi connectivity index (χ3n) is 2.13. The Bertz CT molecular complexity index is 121. The molecule has 2 nitrogen and oxygen atoms in total. The fraction of sp³-hybridized carbons (Fsp3) is 0.909. The number of methoxy groups -OCH3 is 1. The Balaban J connectivity index is 2.87. The average molecular weight is 186 g/mol. The van der Waals surface area contributed by atoms with Crippen molar-refractivity contribution in [3.8, 4) is 0 Å². The molecule has 0 aromatic carbocycles. The fourth-order valence-electron chi connectivity index (χ4n) is 1.33. The van der Waals surface area contributed by atoms with E-state index in [2.05, 4.69) is 0 Å². The zero-order chi connectivity index (χ0) is 9.94. The summed E-state index contributed by atoms with van der Waals surface area (Å²) >= 11 is 0. The van der Waals surface area contributed by atoms with Gasteiger partial charge in [-0.1, -0.05) is 25.7 Å². The third-order valence-corrected chi connectivity index (χ3v) is 2.13. The standard InChI is InChI=1S/C11H22O2/c1-11(12)9-7-5-3-4-6-8-10-13-2/h3-10H2,1-2H3. The van der Waals surface area contributed by atoms with Gasteiger partial charge in [0.2, 0.25) is 0 Å². The van der Waals surface area contributed by atoms with Crippen molar-refractivity contribution in [2.75, 3.05) is 13.7 Å². The molecule has 0 saturated carbocycles. The summed E-state index contributed by atoms with van der Waals surface area (Å²) in [6.45, 7) is 2.55. The Morgan fingerprint density at radius 2 is 1.54 bits per heavy atom. The van der Waals surface area contributed by atoms with Crippen LogP contribution in [-0.4, -0.2) is 19.5 Å². The van der Waals surface area contributed by atoms with Gasteiger partial charge < -0.3 is 9.53 Å². The number of carbonyl (C=O) groups excluding carboxylic acids is 1. The van der Waals surface area contributed by atoms with Gasteiger partial charge in [0.05, 0.1) is 0 Å². The first kappa shape index (κ1) is 12.6. The van der Waals surface area contributed by atoms with Gasteiger partial charge in [-0.15, -0.1) is 0 Å². The van der Waals surface area contributed by atoms with Gasteiger partial charge in [-0.05, 0) is 19.8 Å². The normalized spacial score (nSPS) is 10.3. The minimum atomic E-state index is 0.319. The molecule has 0 radical (unpaired) electrons. The molecule has 0 rings (SSSR count). The summed E-state index contributed by atoms with van der Waals surface area (Å²) in [6, 6.07) is 0. The SMILES string of the molecule is COCCCCCCCCC(C)=O. The molecule has 0 saturated heterocycles. The Morgan fingerprint density at radius 3 is 2.08 bits per heavy atom. The van der Waals surface area contributed by atoms with Crippen molar-refractivity contribution in [2.24, 2.45) is 0 Å². The number of rotatable bonds is 9. The highest BCUT2D eigenvalue weighted by Gasteiger charge is 1.94. The van der Waals surface area contributed by atoms with Crippen LogP contribution in [0.4, 0.5) is 0 Å². The van der Waals surface area contributed by atoms with Gasteiger partial charge in [-0.25, -0.2) is 0 Å². The molecule has 0 spiro atoms. The third kappa shape index (κ3) is 11.6. The van der Waals surface area contributed by atoms with E-state index in [-0.39, 0.29) is 0 Å². The highest BCUT2D eigenvalue weighted by molar-refractivity contribution is 5.75. The summed E-state index contributed by atoms with van der Waals surface area (Å²) in [5.74, 6) is 0.319. The van der Waals surface area contributed by atoms with E-state index < -0.39 is 0 Å². The molecule has 13 heavy (non-hydrogen) atoms. The van der Waals surface area contributed by atoms with E-state index >= 15 is 0 Å². The first-order valence-electron chi connectivity index (χ1n) is 5.25. The van der Waals surface area contributed by atoms with Crippen molar-refractivity contribution in [3.05, 3.63) is 0 Å². The fourth-order valence-corrected chi connectivity index (χ4v) is 1.33. The van der Waals surface area contributed by atoms with Gasteiger partial charge in [0.25, 0.3) is 0 Å². The Labute approximate surface area is 81.7 Å². The summed E-state index contributed by atoms with van der Waals surface area (Å²) in [5.41, 5.74) is 0. The van der Waals surface area contributed by atoms with Crippen LogP contribution in [0.2, 0.25) is 0 Å².